The largest absolute Gasteiger partial charge is 0.416 e. The summed E-state index contributed by atoms with van der Waals surface area (Å²) in [6.45, 7) is 7.63. The minimum Gasteiger partial charge on any atom is -0.379 e. The first kappa shape index (κ1) is 42.6. The molecule has 0 atom stereocenters. The van der Waals surface area contributed by atoms with E-state index in [-0.39, 0.29) is 36.1 Å². The Kier molecular flexibility index (Phi) is 14.6. The lowest BCUT2D eigenvalue weighted by Crippen LogP contribution is -2.23. The van der Waals surface area contributed by atoms with Crippen LogP contribution in [-0.2, 0) is 38.2 Å². The molecule has 0 spiro atoms. The average molecular weight is 803 g/mol. The van der Waals surface area contributed by atoms with Crippen LogP contribution in [0.2, 0.25) is 0 Å². The van der Waals surface area contributed by atoms with Crippen molar-refractivity contribution in [3.63, 3.8) is 0 Å². The van der Waals surface area contributed by atoms with Crippen LogP contribution >= 0.6 is 0 Å². The molecule has 0 radical (unpaired) electrons. The Morgan fingerprint density at radius 2 is 1.51 bits per heavy atom. The number of halogens is 3. The number of hydrogen-bond donors (Lipinski definition) is 2. The Hall–Kier alpha value is -5.57. The fraction of sp³-hybridized carbons (Fsp3) is 0.279. The Labute approximate surface area is 331 Å². The van der Waals surface area contributed by atoms with Gasteiger partial charge >= 0.3 is 6.18 Å². The van der Waals surface area contributed by atoms with Gasteiger partial charge in [0.15, 0.2) is 0 Å². The second kappa shape index (κ2) is 19.5. The van der Waals surface area contributed by atoms with Gasteiger partial charge in [-0.25, -0.2) is 0 Å². The summed E-state index contributed by atoms with van der Waals surface area (Å²) in [5.74, 6) is -0.852. The molecule has 5 rings (SSSR count). The predicted octanol–water partition coefficient (Wildman–Crippen LogP) is 8.46. The second-order valence-corrected chi connectivity index (χ2v) is 14.8. The van der Waals surface area contributed by atoms with Crippen molar-refractivity contribution in [2.45, 2.75) is 51.2 Å². The van der Waals surface area contributed by atoms with Crippen LogP contribution in [0, 0.1) is 6.92 Å². The van der Waals surface area contributed by atoms with E-state index in [1.165, 1.54) is 36.5 Å². The van der Waals surface area contributed by atoms with Gasteiger partial charge in [0.2, 0.25) is 0 Å². The molecule has 0 unspecified atom stereocenters. The van der Waals surface area contributed by atoms with Crippen LogP contribution in [0.15, 0.2) is 114 Å². The van der Waals surface area contributed by atoms with Gasteiger partial charge in [-0.3, -0.25) is 18.8 Å². The lowest BCUT2D eigenvalue weighted by atomic mass is 10.0. The summed E-state index contributed by atoms with van der Waals surface area (Å²) >= 11 is 0. The highest BCUT2D eigenvalue weighted by molar-refractivity contribution is 7.86. The van der Waals surface area contributed by atoms with E-state index in [0.29, 0.717) is 47.5 Å². The number of carbonyl (C=O) groups is 2. The summed E-state index contributed by atoms with van der Waals surface area (Å²) in [5, 5.41) is 5.69. The third-order valence-electron chi connectivity index (χ3n) is 9.10. The first-order valence-electron chi connectivity index (χ1n) is 18.5. The van der Waals surface area contributed by atoms with Crippen molar-refractivity contribution < 1.29 is 40.1 Å². The lowest BCUT2D eigenvalue weighted by Gasteiger charge is -2.23. The number of hydrogen-bond acceptors (Lipinski definition) is 8. The highest BCUT2D eigenvalue weighted by Gasteiger charge is 2.30. The van der Waals surface area contributed by atoms with Crippen molar-refractivity contribution in [2.24, 2.45) is 0 Å². The summed E-state index contributed by atoms with van der Waals surface area (Å²) in [6.07, 6.45) is -1.79. The molecule has 0 aliphatic rings. The van der Waals surface area contributed by atoms with Crippen LogP contribution in [0.5, 0.6) is 0 Å². The highest BCUT2D eigenvalue weighted by atomic mass is 32.2. The Balaban J connectivity index is 1.22. The van der Waals surface area contributed by atoms with Crippen LogP contribution < -0.4 is 15.5 Å². The molecule has 0 bridgehead atoms. The number of carbonyl (C=O) groups excluding carboxylic acids is 2. The van der Waals surface area contributed by atoms with Gasteiger partial charge in [-0.2, -0.15) is 21.6 Å². The van der Waals surface area contributed by atoms with E-state index in [9.17, 15) is 31.2 Å². The van der Waals surface area contributed by atoms with E-state index in [2.05, 4.69) is 20.5 Å². The van der Waals surface area contributed by atoms with Gasteiger partial charge in [0.05, 0.1) is 35.1 Å². The number of amides is 2. The zero-order chi connectivity index (χ0) is 41.0. The lowest BCUT2D eigenvalue weighted by molar-refractivity contribution is -0.137. The Morgan fingerprint density at radius 1 is 0.789 bits per heavy atom. The zero-order valence-corrected chi connectivity index (χ0v) is 32.8. The van der Waals surface area contributed by atoms with Crippen LogP contribution in [0.1, 0.15) is 63.2 Å². The third-order valence-corrected chi connectivity index (χ3v) is 10.4. The topological polar surface area (TPSA) is 127 Å². The van der Waals surface area contributed by atoms with E-state index in [0.717, 1.165) is 42.0 Å². The minimum absolute atomic E-state index is 0.0908. The van der Waals surface area contributed by atoms with E-state index in [1.807, 2.05) is 39.0 Å². The molecule has 5 aromatic rings. The van der Waals surface area contributed by atoms with E-state index in [1.54, 1.807) is 42.5 Å². The van der Waals surface area contributed by atoms with Gasteiger partial charge in [-0.15, -0.1) is 0 Å². The van der Waals surface area contributed by atoms with Crippen LogP contribution in [0.4, 0.5) is 24.5 Å². The average Bonchev–Trinajstić information content (AvgIpc) is 3.20. The molecular formula is C43H45F3N4O6S. The first-order chi connectivity index (χ1) is 27.3. The molecule has 57 heavy (non-hydrogen) atoms. The third kappa shape index (κ3) is 12.0. The fourth-order valence-electron chi connectivity index (χ4n) is 6.02. The van der Waals surface area contributed by atoms with E-state index < -0.39 is 27.8 Å². The number of aryl methyl sites for hydroxylation is 2. The molecule has 0 fully saturated rings. The molecule has 4 aromatic carbocycles. The molecule has 2 amide bonds. The molecule has 1 heterocycles. The zero-order valence-electron chi connectivity index (χ0n) is 31.9. The molecule has 14 heteroatoms. The molecule has 2 N–H and O–H groups in total. The van der Waals surface area contributed by atoms with Gasteiger partial charge in [0.25, 0.3) is 21.9 Å². The summed E-state index contributed by atoms with van der Waals surface area (Å²) < 4.78 is 75.0. The van der Waals surface area contributed by atoms with E-state index >= 15 is 0 Å². The number of anilines is 2. The van der Waals surface area contributed by atoms with Crippen LogP contribution in [-0.4, -0.2) is 58.1 Å². The van der Waals surface area contributed by atoms with Gasteiger partial charge in [-0.05, 0) is 111 Å². The number of ether oxygens (including phenoxy) is 1. The summed E-state index contributed by atoms with van der Waals surface area (Å²) in [5.41, 5.74) is 4.37. The molecule has 0 aliphatic carbocycles. The van der Waals surface area contributed by atoms with Crippen molar-refractivity contribution in [2.75, 3.05) is 43.1 Å². The second-order valence-electron chi connectivity index (χ2n) is 13.2. The number of nitrogens with zero attached hydrogens (tertiary/aromatic N) is 2. The minimum atomic E-state index is -4.50. The quantitative estimate of drug-likeness (QED) is 0.0668. The number of pyridine rings is 1. The number of benzene rings is 4. The van der Waals surface area contributed by atoms with Crippen molar-refractivity contribution in [1.82, 2.24) is 10.3 Å². The standard InChI is InChI=1S/C43H45F3N4O6S/c1-4-50(5-2)36-16-19-39(38(28-36)40-27-34(20-21-47-40)41(51)48-29-32-10-7-13-35(26-32)43(44,45)46)49-42(52)33-12-6-9-31(25-33)11-8-22-55-23-24-56-57(53,54)37-17-14-30(3)15-18-37/h6-7,9-10,12-21,25-28H,4-5,8,11,22-24,29H2,1-3H3,(H,48,51)(H,49,52). The maximum atomic E-state index is 13.6. The Morgan fingerprint density at radius 3 is 2.25 bits per heavy atom. The van der Waals surface area contributed by atoms with Gasteiger partial charge in [0.1, 0.15) is 0 Å². The monoisotopic (exact) mass is 802 g/mol. The Bertz CT molecular complexity index is 2260. The van der Waals surface area contributed by atoms with Gasteiger partial charge in [-0.1, -0.05) is 42.0 Å². The molecular weight excluding hydrogens is 758 g/mol. The van der Waals surface area contributed by atoms with Crippen LogP contribution in [0.25, 0.3) is 11.3 Å². The molecule has 1 aromatic heterocycles. The SMILES string of the molecule is CCN(CC)c1ccc(NC(=O)c2cccc(CCCOCCOS(=O)(=O)c3ccc(C)cc3)c2)c(-c2cc(C(=O)NCc3cccc(C(F)(F)F)c3)ccn2)c1. The first-order valence-corrected chi connectivity index (χ1v) is 19.9. The number of alkyl halides is 3. The maximum absolute atomic E-state index is 13.6. The fourth-order valence-corrected chi connectivity index (χ4v) is 6.91. The maximum Gasteiger partial charge on any atom is 0.416 e. The van der Waals surface area contributed by atoms with E-state index in [4.69, 9.17) is 8.92 Å². The van der Waals surface area contributed by atoms with Crippen molar-refractivity contribution in [3.05, 3.63) is 143 Å². The van der Waals surface area contributed by atoms with Gasteiger partial charge < -0.3 is 20.3 Å². The van der Waals surface area contributed by atoms with Crippen LogP contribution in [0.3, 0.4) is 0 Å². The summed E-state index contributed by atoms with van der Waals surface area (Å²) in [7, 11) is -3.86. The molecule has 0 aliphatic heterocycles. The summed E-state index contributed by atoms with van der Waals surface area (Å²) in [6, 6.07) is 27.1. The normalized spacial score (nSPS) is 11.6. The smallest absolute Gasteiger partial charge is 0.379 e. The highest BCUT2D eigenvalue weighted by Crippen LogP contribution is 2.33. The predicted molar refractivity (Wildman–Crippen MR) is 214 cm³/mol. The number of nitrogens with one attached hydrogen (secondary N) is 2. The molecule has 300 valence electrons. The van der Waals surface area contributed by atoms with Gasteiger partial charge in [0, 0.05) is 54.8 Å². The molecule has 0 saturated carbocycles. The molecule has 0 saturated heterocycles. The number of rotatable bonds is 18. The van der Waals surface area contributed by atoms with Crippen molar-refractivity contribution in [1.29, 1.82) is 0 Å². The number of aromatic nitrogens is 1. The van der Waals surface area contributed by atoms with Crippen molar-refractivity contribution >= 4 is 33.3 Å². The molecule has 10 nitrogen and oxygen atoms in total. The van der Waals surface area contributed by atoms with Crippen molar-refractivity contribution in [3.8, 4) is 11.3 Å². The summed E-state index contributed by atoms with van der Waals surface area (Å²) in [4.78, 5) is 33.6.